The van der Waals surface area contributed by atoms with E-state index in [1.165, 1.54) is 12.1 Å². The zero-order valence-electron chi connectivity index (χ0n) is 11.9. The zero-order chi connectivity index (χ0) is 15.8. The van der Waals surface area contributed by atoms with Crippen LogP contribution < -0.4 is 14.8 Å². The molecule has 0 spiro atoms. The highest BCUT2D eigenvalue weighted by Crippen LogP contribution is 2.27. The third kappa shape index (κ3) is 7.17. The van der Waals surface area contributed by atoms with Crippen LogP contribution in [0.3, 0.4) is 0 Å². The van der Waals surface area contributed by atoms with Crippen molar-refractivity contribution in [3.8, 4) is 11.5 Å². The Hall–Kier alpha value is -1.50. The minimum atomic E-state index is -3.03. The molecular formula is C14H19F4NO2. The third-order valence-corrected chi connectivity index (χ3v) is 2.69. The second-order valence-electron chi connectivity index (χ2n) is 4.89. The molecule has 0 aliphatic carbocycles. The molecule has 1 N–H and O–H groups in total. The van der Waals surface area contributed by atoms with Crippen molar-refractivity contribution in [1.82, 2.24) is 5.32 Å². The minimum Gasteiger partial charge on any atom is -0.435 e. The van der Waals surface area contributed by atoms with E-state index in [2.05, 4.69) is 28.6 Å². The lowest BCUT2D eigenvalue weighted by Gasteiger charge is -2.14. The summed E-state index contributed by atoms with van der Waals surface area (Å²) in [5.41, 5.74) is 0.459. The first-order valence-electron chi connectivity index (χ1n) is 6.61. The number of halogens is 4. The maximum absolute atomic E-state index is 12.4. The maximum atomic E-state index is 12.4. The van der Waals surface area contributed by atoms with Crippen LogP contribution in [0, 0.1) is 5.92 Å². The van der Waals surface area contributed by atoms with Gasteiger partial charge < -0.3 is 14.8 Å². The van der Waals surface area contributed by atoms with Crippen molar-refractivity contribution in [3.05, 3.63) is 23.8 Å². The van der Waals surface area contributed by atoms with Gasteiger partial charge >= 0.3 is 13.2 Å². The van der Waals surface area contributed by atoms with Crippen molar-refractivity contribution in [2.24, 2.45) is 5.92 Å². The quantitative estimate of drug-likeness (QED) is 0.552. The topological polar surface area (TPSA) is 30.5 Å². The Labute approximate surface area is 121 Å². The molecule has 0 saturated carbocycles. The summed E-state index contributed by atoms with van der Waals surface area (Å²) in [7, 11) is 0. The minimum absolute atomic E-state index is 0.166. The van der Waals surface area contributed by atoms with Crippen molar-refractivity contribution in [2.75, 3.05) is 6.54 Å². The van der Waals surface area contributed by atoms with Crippen molar-refractivity contribution in [1.29, 1.82) is 0 Å². The van der Waals surface area contributed by atoms with Gasteiger partial charge in [0.1, 0.15) is 11.5 Å². The second kappa shape index (κ2) is 8.71. The molecule has 3 nitrogen and oxygen atoms in total. The van der Waals surface area contributed by atoms with E-state index in [0.717, 1.165) is 19.0 Å². The predicted octanol–water partition coefficient (Wildman–Crippen LogP) is 4.03. The number of hydrogen-bond acceptors (Lipinski definition) is 3. The molecule has 0 fully saturated rings. The van der Waals surface area contributed by atoms with Crippen LogP contribution in [-0.4, -0.2) is 19.8 Å². The Morgan fingerprint density at radius 2 is 1.71 bits per heavy atom. The molecule has 120 valence electrons. The van der Waals surface area contributed by atoms with Gasteiger partial charge in [0, 0.05) is 18.2 Å². The van der Waals surface area contributed by atoms with Gasteiger partial charge in [0.05, 0.1) is 0 Å². The van der Waals surface area contributed by atoms with Crippen LogP contribution in [0.1, 0.15) is 25.8 Å². The summed E-state index contributed by atoms with van der Waals surface area (Å²) < 4.78 is 57.5. The van der Waals surface area contributed by atoms with E-state index in [4.69, 9.17) is 0 Å². The van der Waals surface area contributed by atoms with Crippen LogP contribution >= 0.6 is 0 Å². The highest BCUT2D eigenvalue weighted by molar-refractivity contribution is 5.40. The Morgan fingerprint density at radius 1 is 1.05 bits per heavy atom. The number of benzene rings is 1. The van der Waals surface area contributed by atoms with Gasteiger partial charge in [0.2, 0.25) is 0 Å². The molecule has 21 heavy (non-hydrogen) atoms. The standard InChI is InChI=1S/C14H19F4NO2/c1-9(2)5-6-19-8-10-3-4-11(20-13(15)16)7-12(10)21-14(17)18/h3-4,7,9,13-14,19H,5-6,8H2,1-2H3. The van der Waals surface area contributed by atoms with Gasteiger partial charge in [-0.2, -0.15) is 17.6 Å². The zero-order valence-corrected chi connectivity index (χ0v) is 11.9. The van der Waals surface area contributed by atoms with Crippen LogP contribution in [0.2, 0.25) is 0 Å². The molecule has 0 aromatic heterocycles. The third-order valence-electron chi connectivity index (χ3n) is 2.69. The van der Waals surface area contributed by atoms with Crippen LogP contribution in [0.4, 0.5) is 17.6 Å². The first kappa shape index (κ1) is 17.6. The van der Waals surface area contributed by atoms with E-state index in [1.807, 2.05) is 0 Å². The van der Waals surface area contributed by atoms with E-state index in [-0.39, 0.29) is 11.5 Å². The number of nitrogens with one attached hydrogen (secondary N) is 1. The molecule has 0 aliphatic heterocycles. The molecule has 0 bridgehead atoms. The highest BCUT2D eigenvalue weighted by Gasteiger charge is 2.13. The van der Waals surface area contributed by atoms with Gasteiger partial charge in [0.25, 0.3) is 0 Å². The fraction of sp³-hybridized carbons (Fsp3) is 0.571. The Bertz CT molecular complexity index is 427. The Kier molecular flexibility index (Phi) is 7.28. The smallest absolute Gasteiger partial charge is 0.387 e. The van der Waals surface area contributed by atoms with Gasteiger partial charge in [0.15, 0.2) is 0 Å². The molecule has 0 aliphatic rings. The molecule has 1 aromatic rings. The molecule has 0 radical (unpaired) electrons. The van der Waals surface area contributed by atoms with Gasteiger partial charge in [-0.05, 0) is 24.9 Å². The van der Waals surface area contributed by atoms with E-state index in [0.29, 0.717) is 18.0 Å². The van der Waals surface area contributed by atoms with E-state index in [1.54, 1.807) is 0 Å². The molecule has 7 heteroatoms. The first-order chi connectivity index (χ1) is 9.88. The summed E-state index contributed by atoms with van der Waals surface area (Å²) in [6, 6.07) is 3.76. The first-order valence-corrected chi connectivity index (χ1v) is 6.61. The van der Waals surface area contributed by atoms with E-state index < -0.39 is 13.2 Å². The Morgan fingerprint density at radius 3 is 2.29 bits per heavy atom. The SMILES string of the molecule is CC(C)CCNCc1ccc(OC(F)F)cc1OC(F)F. The molecule has 0 atom stereocenters. The van der Waals surface area contributed by atoms with Crippen LogP contribution in [0.5, 0.6) is 11.5 Å². The lowest BCUT2D eigenvalue weighted by Crippen LogP contribution is -2.17. The lowest BCUT2D eigenvalue weighted by molar-refractivity contribution is -0.0546. The highest BCUT2D eigenvalue weighted by atomic mass is 19.3. The summed E-state index contributed by atoms with van der Waals surface area (Å²) in [6.45, 7) is -0.863. The summed E-state index contributed by atoms with van der Waals surface area (Å²) in [4.78, 5) is 0. The Balaban J connectivity index is 2.71. The normalized spacial score (nSPS) is 11.5. The maximum Gasteiger partial charge on any atom is 0.387 e. The summed E-state index contributed by atoms with van der Waals surface area (Å²) >= 11 is 0. The van der Waals surface area contributed by atoms with E-state index in [9.17, 15) is 17.6 Å². The molecule has 0 unspecified atom stereocenters. The number of hydrogen-bond donors (Lipinski definition) is 1. The van der Waals surface area contributed by atoms with Crippen molar-refractivity contribution in [3.63, 3.8) is 0 Å². The molecule has 1 aromatic carbocycles. The van der Waals surface area contributed by atoms with Gasteiger partial charge in [-0.1, -0.05) is 19.9 Å². The van der Waals surface area contributed by atoms with Gasteiger partial charge in [-0.3, -0.25) is 0 Å². The molecule has 1 rings (SSSR count). The molecule has 0 saturated heterocycles. The fourth-order valence-corrected chi connectivity index (χ4v) is 1.68. The van der Waals surface area contributed by atoms with Gasteiger partial charge in [-0.15, -0.1) is 0 Å². The van der Waals surface area contributed by atoms with Crippen molar-refractivity contribution >= 4 is 0 Å². The molecule has 0 heterocycles. The monoisotopic (exact) mass is 309 g/mol. The lowest BCUT2D eigenvalue weighted by atomic mass is 10.1. The van der Waals surface area contributed by atoms with Crippen molar-refractivity contribution < 1.29 is 27.0 Å². The van der Waals surface area contributed by atoms with Crippen LogP contribution in [0.15, 0.2) is 18.2 Å². The molecular weight excluding hydrogens is 290 g/mol. The number of rotatable bonds is 9. The summed E-state index contributed by atoms with van der Waals surface area (Å²) in [6.07, 6.45) is 0.942. The average Bonchev–Trinajstić information content (AvgIpc) is 2.35. The van der Waals surface area contributed by atoms with Crippen LogP contribution in [-0.2, 0) is 6.54 Å². The number of ether oxygens (including phenoxy) is 2. The second-order valence-corrected chi connectivity index (χ2v) is 4.89. The summed E-state index contributed by atoms with van der Waals surface area (Å²) in [5, 5.41) is 3.09. The van der Waals surface area contributed by atoms with E-state index >= 15 is 0 Å². The van der Waals surface area contributed by atoms with Gasteiger partial charge in [-0.25, -0.2) is 0 Å². The predicted molar refractivity (Wildman–Crippen MR) is 70.9 cm³/mol. The van der Waals surface area contributed by atoms with Crippen molar-refractivity contribution in [2.45, 2.75) is 40.0 Å². The number of alkyl halides is 4. The fourth-order valence-electron chi connectivity index (χ4n) is 1.68. The average molecular weight is 309 g/mol. The molecule has 0 amide bonds. The largest absolute Gasteiger partial charge is 0.435 e. The van der Waals surface area contributed by atoms with Crippen LogP contribution in [0.25, 0.3) is 0 Å². The summed E-state index contributed by atoms with van der Waals surface area (Å²) in [5.74, 6) is 0.142.